The lowest BCUT2D eigenvalue weighted by Gasteiger charge is -2.13. The lowest BCUT2D eigenvalue weighted by molar-refractivity contribution is 0.471. The van der Waals surface area contributed by atoms with E-state index in [4.69, 9.17) is 4.42 Å². The van der Waals surface area contributed by atoms with Crippen LogP contribution >= 0.6 is 15.9 Å². The summed E-state index contributed by atoms with van der Waals surface area (Å²) in [5.41, 5.74) is 1.96. The van der Waals surface area contributed by atoms with Crippen molar-refractivity contribution in [2.24, 2.45) is 0 Å². The average Bonchev–Trinajstić information content (AvgIpc) is 3.08. The summed E-state index contributed by atoms with van der Waals surface area (Å²) < 4.78 is 6.29. The highest BCUT2D eigenvalue weighted by Gasteiger charge is 2.11. The number of hydrogen-bond donors (Lipinski definition) is 2. The first-order valence-electron chi connectivity index (χ1n) is 6.63. The molecule has 0 saturated heterocycles. The number of halogens is 1. The Bertz CT molecular complexity index is 749. The van der Waals surface area contributed by atoms with Crippen molar-refractivity contribution in [3.05, 3.63) is 52.7 Å². The minimum Gasteiger partial charge on any atom is -0.452 e. The molecule has 1 atom stereocenters. The van der Waals surface area contributed by atoms with Crippen molar-refractivity contribution in [2.75, 3.05) is 5.32 Å². The van der Waals surface area contributed by atoms with Crippen LogP contribution < -0.4 is 5.32 Å². The molecule has 21 heavy (non-hydrogen) atoms. The number of aromatic amines is 1. The van der Waals surface area contributed by atoms with Gasteiger partial charge in [0.25, 0.3) is 0 Å². The van der Waals surface area contributed by atoms with E-state index in [-0.39, 0.29) is 6.04 Å². The number of benzene rings is 1. The van der Waals surface area contributed by atoms with Gasteiger partial charge in [0.15, 0.2) is 10.5 Å². The fourth-order valence-corrected chi connectivity index (χ4v) is 2.42. The third-order valence-corrected chi connectivity index (χ3v) is 3.55. The molecular formula is C15H15BrN4O. The molecule has 2 aromatic heterocycles. The molecule has 0 aliphatic heterocycles. The Kier molecular flexibility index (Phi) is 3.79. The SMILES string of the molecule is Cc1nc(-c2cccc(NC(C)c3ccc(Br)o3)c2)n[nH]1. The van der Waals surface area contributed by atoms with Gasteiger partial charge in [-0.25, -0.2) is 4.98 Å². The molecule has 2 heterocycles. The summed E-state index contributed by atoms with van der Waals surface area (Å²) in [6.07, 6.45) is 0. The van der Waals surface area contributed by atoms with Crippen LogP contribution in [0.15, 0.2) is 45.5 Å². The summed E-state index contributed by atoms with van der Waals surface area (Å²) in [5.74, 6) is 2.38. The van der Waals surface area contributed by atoms with Gasteiger partial charge in [0.2, 0.25) is 0 Å². The maximum atomic E-state index is 5.56. The van der Waals surface area contributed by atoms with Crippen molar-refractivity contribution >= 4 is 21.6 Å². The molecule has 0 radical (unpaired) electrons. The lowest BCUT2D eigenvalue weighted by Crippen LogP contribution is -2.05. The molecule has 0 aliphatic carbocycles. The highest BCUT2D eigenvalue weighted by Crippen LogP contribution is 2.25. The van der Waals surface area contributed by atoms with Crippen molar-refractivity contribution in [1.29, 1.82) is 0 Å². The van der Waals surface area contributed by atoms with E-state index in [1.807, 2.05) is 43.3 Å². The fraction of sp³-hybridized carbons (Fsp3) is 0.200. The minimum absolute atomic E-state index is 0.0698. The van der Waals surface area contributed by atoms with Gasteiger partial charge in [-0.3, -0.25) is 5.10 Å². The lowest BCUT2D eigenvalue weighted by atomic mass is 10.1. The maximum absolute atomic E-state index is 5.56. The van der Waals surface area contributed by atoms with Crippen LogP contribution in [0.1, 0.15) is 24.6 Å². The van der Waals surface area contributed by atoms with Gasteiger partial charge >= 0.3 is 0 Å². The number of nitrogens with zero attached hydrogens (tertiary/aromatic N) is 2. The molecule has 2 N–H and O–H groups in total. The molecule has 0 saturated carbocycles. The van der Waals surface area contributed by atoms with Crippen LogP contribution in [0.3, 0.4) is 0 Å². The van der Waals surface area contributed by atoms with E-state index in [9.17, 15) is 0 Å². The van der Waals surface area contributed by atoms with E-state index in [0.29, 0.717) is 5.82 Å². The zero-order chi connectivity index (χ0) is 14.8. The van der Waals surface area contributed by atoms with Crippen LogP contribution in [-0.2, 0) is 0 Å². The van der Waals surface area contributed by atoms with Crippen LogP contribution in [0, 0.1) is 6.92 Å². The van der Waals surface area contributed by atoms with E-state index < -0.39 is 0 Å². The molecule has 6 heteroatoms. The Morgan fingerprint density at radius 2 is 2.14 bits per heavy atom. The van der Waals surface area contributed by atoms with Gasteiger partial charge in [-0.2, -0.15) is 5.10 Å². The molecular weight excluding hydrogens is 332 g/mol. The largest absolute Gasteiger partial charge is 0.452 e. The molecule has 108 valence electrons. The number of H-pyrrole nitrogens is 1. The molecule has 0 amide bonds. The van der Waals surface area contributed by atoms with Crippen molar-refractivity contribution in [3.8, 4) is 11.4 Å². The predicted octanol–water partition coefficient (Wildman–Crippen LogP) is 4.31. The Hall–Kier alpha value is -2.08. The summed E-state index contributed by atoms with van der Waals surface area (Å²) >= 11 is 3.32. The second-order valence-corrected chi connectivity index (χ2v) is 5.61. The molecule has 5 nitrogen and oxygen atoms in total. The van der Waals surface area contributed by atoms with Crippen LogP contribution in [-0.4, -0.2) is 15.2 Å². The number of hydrogen-bond acceptors (Lipinski definition) is 4. The zero-order valence-electron chi connectivity index (χ0n) is 11.7. The van der Waals surface area contributed by atoms with Gasteiger partial charge in [0.05, 0.1) is 6.04 Å². The molecule has 0 bridgehead atoms. The molecule has 0 aliphatic rings. The predicted molar refractivity (Wildman–Crippen MR) is 85.0 cm³/mol. The summed E-state index contributed by atoms with van der Waals surface area (Å²) in [7, 11) is 0. The number of furan rings is 1. The van der Waals surface area contributed by atoms with Gasteiger partial charge in [-0.15, -0.1) is 0 Å². The average molecular weight is 347 g/mol. The normalized spacial score (nSPS) is 12.3. The second-order valence-electron chi connectivity index (χ2n) is 4.83. The van der Waals surface area contributed by atoms with Gasteiger partial charge < -0.3 is 9.73 Å². The Labute approximate surface area is 130 Å². The standard InChI is InChI=1S/C15H15BrN4O/c1-9(13-6-7-14(16)21-13)17-12-5-3-4-11(8-12)15-18-10(2)19-20-15/h3-9,17H,1-2H3,(H,18,19,20). The highest BCUT2D eigenvalue weighted by atomic mass is 79.9. The van der Waals surface area contributed by atoms with E-state index in [1.54, 1.807) is 0 Å². The Morgan fingerprint density at radius 1 is 1.29 bits per heavy atom. The Morgan fingerprint density at radius 3 is 2.81 bits per heavy atom. The number of rotatable bonds is 4. The smallest absolute Gasteiger partial charge is 0.181 e. The van der Waals surface area contributed by atoms with E-state index in [2.05, 4.69) is 43.4 Å². The molecule has 3 aromatic rings. The van der Waals surface area contributed by atoms with E-state index in [1.165, 1.54) is 0 Å². The van der Waals surface area contributed by atoms with Crippen molar-refractivity contribution in [3.63, 3.8) is 0 Å². The molecule has 1 unspecified atom stereocenters. The van der Waals surface area contributed by atoms with E-state index in [0.717, 1.165) is 27.5 Å². The molecule has 0 fully saturated rings. The Balaban J connectivity index is 1.80. The summed E-state index contributed by atoms with van der Waals surface area (Å²) in [5, 5.41) is 10.4. The third kappa shape index (κ3) is 3.16. The number of aryl methyl sites for hydroxylation is 1. The summed E-state index contributed by atoms with van der Waals surface area (Å²) in [6, 6.07) is 11.9. The first-order chi connectivity index (χ1) is 10.1. The number of aromatic nitrogens is 3. The van der Waals surface area contributed by atoms with Gasteiger partial charge in [-0.05, 0) is 54.0 Å². The van der Waals surface area contributed by atoms with Crippen LogP contribution in [0.25, 0.3) is 11.4 Å². The maximum Gasteiger partial charge on any atom is 0.181 e. The third-order valence-electron chi connectivity index (χ3n) is 3.12. The van der Waals surface area contributed by atoms with Crippen molar-refractivity contribution in [2.45, 2.75) is 19.9 Å². The monoisotopic (exact) mass is 346 g/mol. The topological polar surface area (TPSA) is 66.7 Å². The van der Waals surface area contributed by atoms with Crippen molar-refractivity contribution in [1.82, 2.24) is 15.2 Å². The first-order valence-corrected chi connectivity index (χ1v) is 7.42. The van der Waals surface area contributed by atoms with Crippen LogP contribution in [0.2, 0.25) is 0 Å². The van der Waals surface area contributed by atoms with Crippen LogP contribution in [0.4, 0.5) is 5.69 Å². The summed E-state index contributed by atoms with van der Waals surface area (Å²) in [6.45, 7) is 3.93. The van der Waals surface area contributed by atoms with Crippen molar-refractivity contribution < 1.29 is 4.42 Å². The van der Waals surface area contributed by atoms with Crippen LogP contribution in [0.5, 0.6) is 0 Å². The van der Waals surface area contributed by atoms with Gasteiger partial charge in [-0.1, -0.05) is 12.1 Å². The second kappa shape index (κ2) is 5.73. The number of anilines is 1. The van der Waals surface area contributed by atoms with E-state index >= 15 is 0 Å². The molecule has 1 aromatic carbocycles. The minimum atomic E-state index is 0.0698. The highest BCUT2D eigenvalue weighted by molar-refractivity contribution is 9.10. The van der Waals surface area contributed by atoms with Gasteiger partial charge in [0, 0.05) is 11.3 Å². The van der Waals surface area contributed by atoms with Gasteiger partial charge in [0.1, 0.15) is 11.6 Å². The summed E-state index contributed by atoms with van der Waals surface area (Å²) in [4.78, 5) is 4.34. The first kappa shape index (κ1) is 13.9. The molecule has 3 rings (SSSR count). The fourth-order valence-electron chi connectivity index (χ4n) is 2.10. The number of nitrogens with one attached hydrogen (secondary N) is 2. The molecule has 0 spiro atoms. The quantitative estimate of drug-likeness (QED) is 0.738. The zero-order valence-corrected chi connectivity index (χ0v) is 13.3.